The van der Waals surface area contributed by atoms with Crippen molar-refractivity contribution >= 4 is 17.6 Å². The third-order valence-electron chi connectivity index (χ3n) is 2.61. The molecule has 0 radical (unpaired) electrons. The molecule has 0 fully saturated rings. The molecule has 0 bridgehead atoms. The molecule has 0 saturated heterocycles. The number of nitrogens with zero attached hydrogens (tertiary/aromatic N) is 2. The molecule has 0 aliphatic rings. The van der Waals surface area contributed by atoms with Crippen molar-refractivity contribution in [2.75, 3.05) is 18.2 Å². The average Bonchev–Trinajstić information content (AvgIpc) is 2.34. The van der Waals surface area contributed by atoms with E-state index in [1.165, 1.54) is 7.11 Å². The fourth-order valence-electron chi connectivity index (χ4n) is 1.50. The number of esters is 1. The van der Waals surface area contributed by atoms with Crippen LogP contribution in [0.2, 0.25) is 0 Å². The van der Waals surface area contributed by atoms with Crippen LogP contribution in [0.25, 0.3) is 0 Å². The summed E-state index contributed by atoms with van der Waals surface area (Å²) in [6, 6.07) is -0.475. The van der Waals surface area contributed by atoms with Crippen molar-refractivity contribution in [3.63, 3.8) is 0 Å². The number of aromatic nitrogens is 2. The fourth-order valence-corrected chi connectivity index (χ4v) is 1.50. The van der Waals surface area contributed by atoms with E-state index in [4.69, 9.17) is 5.73 Å². The highest BCUT2D eigenvalue weighted by Gasteiger charge is 2.16. The highest BCUT2D eigenvalue weighted by Crippen LogP contribution is 2.18. The third-order valence-corrected chi connectivity index (χ3v) is 2.61. The maximum Gasteiger partial charge on any atom is 0.328 e. The summed E-state index contributed by atoms with van der Waals surface area (Å²) in [6.45, 7) is 5.57. The predicted molar refractivity (Wildman–Crippen MR) is 70.3 cm³/mol. The number of ether oxygens (including phenoxy) is 1. The van der Waals surface area contributed by atoms with Crippen LogP contribution in [0.5, 0.6) is 0 Å². The molecule has 0 saturated carbocycles. The first-order valence-electron chi connectivity index (χ1n) is 5.96. The van der Waals surface area contributed by atoms with E-state index in [2.05, 4.69) is 20.0 Å². The molecule has 18 heavy (non-hydrogen) atoms. The Kier molecular flexibility index (Phi) is 4.88. The van der Waals surface area contributed by atoms with Crippen LogP contribution in [0, 0.1) is 6.92 Å². The minimum Gasteiger partial charge on any atom is -0.467 e. The molecule has 6 heteroatoms. The molecule has 0 aliphatic carbocycles. The number of nitrogens with one attached hydrogen (secondary N) is 1. The number of hydrogen-bond donors (Lipinski definition) is 2. The van der Waals surface area contributed by atoms with Crippen molar-refractivity contribution in [2.24, 2.45) is 0 Å². The summed E-state index contributed by atoms with van der Waals surface area (Å²) in [6.07, 6.45) is 1.69. The van der Waals surface area contributed by atoms with Gasteiger partial charge in [0, 0.05) is 12.0 Å². The summed E-state index contributed by atoms with van der Waals surface area (Å²) in [4.78, 5) is 19.9. The lowest BCUT2D eigenvalue weighted by molar-refractivity contribution is -0.141. The molecule has 1 aromatic rings. The van der Waals surface area contributed by atoms with E-state index in [1.54, 1.807) is 6.92 Å². The zero-order chi connectivity index (χ0) is 13.7. The minimum absolute atomic E-state index is 0.344. The summed E-state index contributed by atoms with van der Waals surface area (Å²) in [7, 11) is 1.35. The fraction of sp³-hybridized carbons (Fsp3) is 0.583. The number of aryl methyl sites for hydroxylation is 1. The molecule has 1 atom stereocenters. The molecule has 1 rings (SSSR count). The molecule has 0 aliphatic heterocycles. The summed E-state index contributed by atoms with van der Waals surface area (Å²) < 4.78 is 4.66. The van der Waals surface area contributed by atoms with Crippen molar-refractivity contribution in [1.29, 1.82) is 0 Å². The second-order valence-corrected chi connectivity index (χ2v) is 4.14. The molecular weight excluding hydrogens is 232 g/mol. The van der Waals surface area contributed by atoms with Crippen LogP contribution in [-0.4, -0.2) is 29.1 Å². The van der Waals surface area contributed by atoms with Gasteiger partial charge in [0.25, 0.3) is 0 Å². The van der Waals surface area contributed by atoms with E-state index in [1.807, 2.05) is 13.8 Å². The summed E-state index contributed by atoms with van der Waals surface area (Å²) in [5.74, 6) is 1.36. The van der Waals surface area contributed by atoms with E-state index in [0.717, 1.165) is 18.4 Å². The number of rotatable bonds is 5. The average molecular weight is 252 g/mol. The maximum atomic E-state index is 11.4. The van der Waals surface area contributed by atoms with Crippen LogP contribution in [-0.2, 0) is 16.0 Å². The Bertz CT molecular complexity index is 434. The van der Waals surface area contributed by atoms with Crippen LogP contribution in [0.15, 0.2) is 0 Å². The van der Waals surface area contributed by atoms with Crippen molar-refractivity contribution in [2.45, 2.75) is 39.7 Å². The van der Waals surface area contributed by atoms with Crippen molar-refractivity contribution in [3.8, 4) is 0 Å². The van der Waals surface area contributed by atoms with Gasteiger partial charge in [0.05, 0.1) is 7.11 Å². The highest BCUT2D eigenvalue weighted by atomic mass is 16.5. The summed E-state index contributed by atoms with van der Waals surface area (Å²) >= 11 is 0. The summed E-state index contributed by atoms with van der Waals surface area (Å²) in [5, 5.41) is 2.99. The number of carbonyl (C=O) groups excluding carboxylic acids is 1. The Morgan fingerprint density at radius 3 is 2.72 bits per heavy atom. The third kappa shape index (κ3) is 3.32. The van der Waals surface area contributed by atoms with Gasteiger partial charge in [-0.15, -0.1) is 0 Å². The molecule has 3 N–H and O–H groups in total. The number of hydrogen-bond acceptors (Lipinski definition) is 6. The highest BCUT2D eigenvalue weighted by molar-refractivity contribution is 5.78. The lowest BCUT2D eigenvalue weighted by Gasteiger charge is -2.15. The Morgan fingerprint density at radius 2 is 2.17 bits per heavy atom. The van der Waals surface area contributed by atoms with E-state index in [9.17, 15) is 4.79 Å². The molecule has 0 amide bonds. The van der Waals surface area contributed by atoms with Gasteiger partial charge in [0.15, 0.2) is 0 Å². The van der Waals surface area contributed by atoms with Crippen molar-refractivity contribution in [3.05, 3.63) is 11.4 Å². The van der Waals surface area contributed by atoms with E-state index >= 15 is 0 Å². The topological polar surface area (TPSA) is 90.1 Å². The molecule has 1 unspecified atom stereocenters. The van der Waals surface area contributed by atoms with Crippen molar-refractivity contribution in [1.82, 2.24) is 9.97 Å². The smallest absolute Gasteiger partial charge is 0.328 e. The largest absolute Gasteiger partial charge is 0.467 e. The number of nitrogen functional groups attached to an aromatic ring is 1. The van der Waals surface area contributed by atoms with Crippen LogP contribution >= 0.6 is 0 Å². The van der Waals surface area contributed by atoms with Gasteiger partial charge in [-0.3, -0.25) is 0 Å². The van der Waals surface area contributed by atoms with Crippen molar-refractivity contribution < 1.29 is 9.53 Å². The molecule has 100 valence electrons. The van der Waals surface area contributed by atoms with Gasteiger partial charge in [-0.25, -0.2) is 14.8 Å². The molecule has 0 aromatic carbocycles. The van der Waals surface area contributed by atoms with Gasteiger partial charge in [-0.05, 0) is 20.3 Å². The minimum atomic E-state index is -0.475. The first kappa shape index (κ1) is 14.2. The van der Waals surface area contributed by atoms with Crippen LogP contribution in [0.4, 0.5) is 11.6 Å². The quantitative estimate of drug-likeness (QED) is 0.767. The first-order chi connectivity index (χ1) is 8.49. The van der Waals surface area contributed by atoms with Gasteiger partial charge < -0.3 is 15.8 Å². The predicted octanol–water partition coefficient (Wildman–Crippen LogP) is 1.29. The second kappa shape index (κ2) is 6.18. The maximum absolute atomic E-state index is 11.4. The SMILES string of the molecule is CCCc1nc(N)c(C)c(NC(C)C(=O)OC)n1. The van der Waals surface area contributed by atoms with Crippen LogP contribution in [0.1, 0.15) is 31.7 Å². The van der Waals surface area contributed by atoms with E-state index in [-0.39, 0.29) is 5.97 Å². The Morgan fingerprint density at radius 1 is 1.50 bits per heavy atom. The van der Waals surface area contributed by atoms with Crippen LogP contribution in [0.3, 0.4) is 0 Å². The van der Waals surface area contributed by atoms with Gasteiger partial charge in [-0.2, -0.15) is 0 Å². The Labute approximate surface area is 107 Å². The zero-order valence-electron chi connectivity index (χ0n) is 11.3. The molecule has 1 aromatic heterocycles. The number of nitrogens with two attached hydrogens (primary N) is 1. The molecule has 0 spiro atoms. The zero-order valence-corrected chi connectivity index (χ0v) is 11.3. The van der Waals surface area contributed by atoms with Gasteiger partial charge in [0.2, 0.25) is 0 Å². The summed E-state index contributed by atoms with van der Waals surface area (Å²) in [5.41, 5.74) is 6.57. The number of anilines is 2. The monoisotopic (exact) mass is 252 g/mol. The van der Waals surface area contributed by atoms with Gasteiger partial charge in [0.1, 0.15) is 23.5 Å². The van der Waals surface area contributed by atoms with Gasteiger partial charge in [-0.1, -0.05) is 6.92 Å². The van der Waals surface area contributed by atoms with E-state index < -0.39 is 6.04 Å². The Balaban J connectivity index is 2.96. The first-order valence-corrected chi connectivity index (χ1v) is 5.96. The van der Waals surface area contributed by atoms with E-state index in [0.29, 0.717) is 17.5 Å². The molecular formula is C12H20N4O2. The molecule has 6 nitrogen and oxygen atoms in total. The van der Waals surface area contributed by atoms with Crippen LogP contribution < -0.4 is 11.1 Å². The molecule has 1 heterocycles. The lowest BCUT2D eigenvalue weighted by Crippen LogP contribution is -2.28. The van der Waals surface area contributed by atoms with Gasteiger partial charge >= 0.3 is 5.97 Å². The second-order valence-electron chi connectivity index (χ2n) is 4.14. The normalized spacial score (nSPS) is 12.0. The lowest BCUT2D eigenvalue weighted by atomic mass is 10.2. The number of carbonyl (C=O) groups is 1. The Hall–Kier alpha value is -1.85. The number of methoxy groups -OCH3 is 1. The standard InChI is InChI=1S/C12H20N4O2/c1-5-6-9-15-10(13)7(2)11(16-9)14-8(3)12(17)18-4/h8H,5-6H2,1-4H3,(H3,13,14,15,16).